The smallest absolute Gasteiger partial charge is 0.102 e. The van der Waals surface area contributed by atoms with Crippen LogP contribution in [0.15, 0.2) is 0 Å². The van der Waals surface area contributed by atoms with Gasteiger partial charge in [-0.15, -0.1) is 0 Å². The van der Waals surface area contributed by atoms with E-state index in [1.54, 1.807) is 0 Å². The molecule has 3 rings (SSSR count). The summed E-state index contributed by atoms with van der Waals surface area (Å²) in [6.45, 7) is 2.26. The lowest BCUT2D eigenvalue weighted by Crippen LogP contribution is -2.47. The van der Waals surface area contributed by atoms with E-state index in [9.17, 15) is 4.39 Å². The minimum atomic E-state index is -0.584. The van der Waals surface area contributed by atoms with Crippen molar-refractivity contribution in [1.29, 1.82) is 0 Å². The number of nitrogens with one attached hydrogen (secondary N) is 3. The molecule has 3 N–H and O–H groups in total. The lowest BCUT2D eigenvalue weighted by molar-refractivity contribution is 0.211. The Morgan fingerprint density at radius 1 is 1.00 bits per heavy atom. The number of piperidine rings is 1. The summed E-state index contributed by atoms with van der Waals surface area (Å²) < 4.78 is 13.3. The fourth-order valence-corrected chi connectivity index (χ4v) is 3.45. The summed E-state index contributed by atoms with van der Waals surface area (Å²) in [6, 6.07) is 0.884. The first-order valence-electron chi connectivity index (χ1n) is 6.70. The van der Waals surface area contributed by atoms with E-state index in [0.29, 0.717) is 30.6 Å². The van der Waals surface area contributed by atoms with Gasteiger partial charge < -0.3 is 5.32 Å². The van der Waals surface area contributed by atoms with E-state index >= 15 is 0 Å². The van der Waals surface area contributed by atoms with Gasteiger partial charge in [-0.05, 0) is 44.6 Å². The highest BCUT2D eigenvalue weighted by Gasteiger charge is 2.40. The molecule has 92 valence electrons. The molecule has 0 aromatic carbocycles. The van der Waals surface area contributed by atoms with Gasteiger partial charge in [0.1, 0.15) is 6.17 Å². The Morgan fingerprint density at radius 3 is 2.69 bits per heavy atom. The third kappa shape index (κ3) is 2.11. The minimum Gasteiger partial charge on any atom is -0.316 e. The van der Waals surface area contributed by atoms with Gasteiger partial charge in [0.05, 0.1) is 6.17 Å². The van der Waals surface area contributed by atoms with Crippen LogP contribution in [0.4, 0.5) is 4.39 Å². The van der Waals surface area contributed by atoms with E-state index in [4.69, 9.17) is 0 Å². The van der Waals surface area contributed by atoms with E-state index in [-0.39, 0.29) is 0 Å². The molecule has 2 saturated heterocycles. The van der Waals surface area contributed by atoms with Crippen LogP contribution >= 0.6 is 0 Å². The van der Waals surface area contributed by atoms with E-state index in [2.05, 4.69) is 16.0 Å². The van der Waals surface area contributed by atoms with Gasteiger partial charge in [0.15, 0.2) is 0 Å². The molecular formula is C12H22FN3. The second-order valence-electron chi connectivity index (χ2n) is 5.54. The zero-order valence-electron chi connectivity index (χ0n) is 9.71. The third-order valence-electron chi connectivity index (χ3n) is 4.38. The van der Waals surface area contributed by atoms with E-state index < -0.39 is 6.17 Å². The molecule has 3 fully saturated rings. The Hall–Kier alpha value is -0.190. The van der Waals surface area contributed by atoms with Crippen LogP contribution in [0, 0.1) is 5.92 Å². The van der Waals surface area contributed by atoms with Crippen molar-refractivity contribution in [2.24, 2.45) is 5.92 Å². The highest BCUT2D eigenvalue weighted by Crippen LogP contribution is 2.28. The zero-order chi connectivity index (χ0) is 11.0. The topological polar surface area (TPSA) is 36.1 Å². The molecule has 3 aliphatic rings. The maximum atomic E-state index is 13.3. The Bertz CT molecular complexity index is 242. The predicted octanol–water partition coefficient (Wildman–Crippen LogP) is 0.764. The molecule has 0 aromatic heterocycles. The molecule has 5 unspecified atom stereocenters. The van der Waals surface area contributed by atoms with Crippen LogP contribution in [0.1, 0.15) is 32.1 Å². The zero-order valence-corrected chi connectivity index (χ0v) is 9.71. The summed E-state index contributed by atoms with van der Waals surface area (Å²) in [5.74, 6) is 0.678. The average molecular weight is 227 g/mol. The molecule has 0 amide bonds. The van der Waals surface area contributed by atoms with Gasteiger partial charge in [0.2, 0.25) is 0 Å². The molecule has 1 aliphatic carbocycles. The number of rotatable bonds is 1. The first kappa shape index (κ1) is 10.9. The molecule has 5 atom stereocenters. The van der Waals surface area contributed by atoms with Crippen LogP contribution in [-0.4, -0.2) is 37.5 Å². The average Bonchev–Trinajstić information content (AvgIpc) is 2.73. The van der Waals surface area contributed by atoms with Crippen molar-refractivity contribution < 1.29 is 4.39 Å². The fourth-order valence-electron chi connectivity index (χ4n) is 3.45. The van der Waals surface area contributed by atoms with Crippen LogP contribution < -0.4 is 16.0 Å². The van der Waals surface area contributed by atoms with Gasteiger partial charge in [-0.2, -0.15) is 0 Å². The Balaban J connectivity index is 1.59. The predicted molar refractivity (Wildman–Crippen MR) is 62.0 cm³/mol. The number of alkyl halides is 1. The molecule has 3 nitrogen and oxygen atoms in total. The molecule has 0 spiro atoms. The highest BCUT2D eigenvalue weighted by atomic mass is 19.1. The van der Waals surface area contributed by atoms with E-state index in [1.807, 2.05) is 0 Å². The largest absolute Gasteiger partial charge is 0.316 e. The fraction of sp³-hybridized carbons (Fsp3) is 1.00. The number of hydrogen-bond acceptors (Lipinski definition) is 3. The van der Waals surface area contributed by atoms with Crippen molar-refractivity contribution >= 4 is 0 Å². The van der Waals surface area contributed by atoms with Crippen LogP contribution in [0.2, 0.25) is 0 Å². The maximum absolute atomic E-state index is 13.3. The van der Waals surface area contributed by atoms with Gasteiger partial charge in [-0.1, -0.05) is 0 Å². The summed E-state index contributed by atoms with van der Waals surface area (Å²) >= 11 is 0. The third-order valence-corrected chi connectivity index (χ3v) is 4.38. The Kier molecular flexibility index (Phi) is 3.14. The normalized spacial score (nSPS) is 48.9. The first-order chi connectivity index (χ1) is 7.83. The lowest BCUT2D eigenvalue weighted by Gasteiger charge is -2.28. The monoisotopic (exact) mass is 227 g/mol. The summed E-state index contributed by atoms with van der Waals surface area (Å²) in [5, 5.41) is 10.7. The molecule has 16 heavy (non-hydrogen) atoms. The maximum Gasteiger partial charge on any atom is 0.102 e. The second-order valence-corrected chi connectivity index (χ2v) is 5.54. The lowest BCUT2D eigenvalue weighted by atomic mass is 9.90. The molecule has 2 heterocycles. The molecule has 0 aromatic rings. The second kappa shape index (κ2) is 4.59. The SMILES string of the molecule is FC1CCC2NC(C3CCCNC3)NC2C1. The van der Waals surface area contributed by atoms with Crippen molar-refractivity contribution in [3.05, 3.63) is 0 Å². The van der Waals surface area contributed by atoms with Gasteiger partial charge in [-0.25, -0.2) is 4.39 Å². The summed E-state index contributed by atoms with van der Waals surface area (Å²) in [5.41, 5.74) is 0. The van der Waals surface area contributed by atoms with Crippen molar-refractivity contribution in [2.45, 2.75) is 56.5 Å². The highest BCUT2D eigenvalue weighted by molar-refractivity contribution is 5.00. The number of fused-ring (bicyclic) bond motifs is 1. The van der Waals surface area contributed by atoms with E-state index in [1.165, 1.54) is 12.8 Å². The molecule has 2 aliphatic heterocycles. The minimum absolute atomic E-state index is 0.371. The van der Waals surface area contributed by atoms with Crippen molar-refractivity contribution in [3.63, 3.8) is 0 Å². The van der Waals surface area contributed by atoms with Crippen molar-refractivity contribution in [3.8, 4) is 0 Å². The number of hydrogen-bond donors (Lipinski definition) is 3. The first-order valence-corrected chi connectivity index (χ1v) is 6.70. The molecule has 0 radical (unpaired) electrons. The Morgan fingerprint density at radius 2 is 1.88 bits per heavy atom. The van der Waals surface area contributed by atoms with Crippen LogP contribution in [0.5, 0.6) is 0 Å². The van der Waals surface area contributed by atoms with Crippen LogP contribution in [0.25, 0.3) is 0 Å². The molecule has 1 saturated carbocycles. The summed E-state index contributed by atoms with van der Waals surface area (Å²) in [4.78, 5) is 0. The van der Waals surface area contributed by atoms with Gasteiger partial charge >= 0.3 is 0 Å². The van der Waals surface area contributed by atoms with Gasteiger partial charge in [-0.3, -0.25) is 10.6 Å². The summed E-state index contributed by atoms with van der Waals surface area (Å²) in [7, 11) is 0. The standard InChI is InChI=1S/C12H22FN3/c13-9-3-4-10-11(6-9)16-12(15-10)8-2-1-5-14-7-8/h8-12,14-16H,1-7H2. The molecule has 4 heteroatoms. The van der Waals surface area contributed by atoms with Gasteiger partial charge in [0, 0.05) is 18.6 Å². The molecular weight excluding hydrogens is 205 g/mol. The van der Waals surface area contributed by atoms with Crippen LogP contribution in [-0.2, 0) is 0 Å². The van der Waals surface area contributed by atoms with E-state index in [0.717, 1.165) is 25.9 Å². The quantitative estimate of drug-likeness (QED) is 0.619. The van der Waals surface area contributed by atoms with Crippen molar-refractivity contribution in [1.82, 2.24) is 16.0 Å². The molecule has 0 bridgehead atoms. The Labute approximate surface area is 96.6 Å². The number of halogens is 1. The van der Waals surface area contributed by atoms with Gasteiger partial charge in [0.25, 0.3) is 0 Å². The summed E-state index contributed by atoms with van der Waals surface area (Å²) in [6.07, 6.45) is 4.82. The van der Waals surface area contributed by atoms with Crippen molar-refractivity contribution in [2.75, 3.05) is 13.1 Å². The van der Waals surface area contributed by atoms with Crippen LogP contribution in [0.3, 0.4) is 0 Å².